The zero-order chi connectivity index (χ0) is 28.2. The number of rotatable bonds is 15. The number of aliphatic carboxylic acids is 1. The van der Waals surface area contributed by atoms with Gasteiger partial charge in [0.05, 0.1) is 17.5 Å². The van der Waals surface area contributed by atoms with Crippen molar-refractivity contribution in [1.29, 1.82) is 0 Å². The molecule has 0 bridgehead atoms. The van der Waals surface area contributed by atoms with Gasteiger partial charge in [-0.15, -0.1) is 0 Å². The van der Waals surface area contributed by atoms with E-state index in [-0.39, 0.29) is 31.9 Å². The number of nitrogens with one attached hydrogen (secondary N) is 3. The van der Waals surface area contributed by atoms with Gasteiger partial charge >= 0.3 is 12.1 Å². The maximum atomic E-state index is 12.8. The van der Waals surface area contributed by atoms with Gasteiger partial charge in [-0.3, -0.25) is 24.0 Å². The molecule has 1 unspecified atom stereocenters. The molecule has 204 valence electrons. The molecule has 0 fully saturated rings. The van der Waals surface area contributed by atoms with Crippen LogP contribution in [-0.4, -0.2) is 59.2 Å². The highest BCUT2D eigenvalue weighted by atomic mass is 16.5. The first-order chi connectivity index (χ1) is 17.3. The maximum Gasteiger partial charge on any atom is 0.407 e. The standard InChI is InChI=1S/C26H37N3O8/c1-6-16(2)21(19(30)14-26(4,5)24(34)35)29-23(33)22(32)17(3)28-20(31)12-13-27-25(36)37-15-18-10-8-7-9-11-18/h7-11,16-17,21H,6,12-15H2,1-5H3,(H,27,36)(H,28,31)(H,29,33)(H,34,35)/t16-,17?,21-/m0/s1. The molecule has 0 aliphatic carbocycles. The van der Waals surface area contributed by atoms with E-state index in [4.69, 9.17) is 4.74 Å². The second-order valence-corrected chi connectivity index (χ2v) is 9.56. The zero-order valence-corrected chi connectivity index (χ0v) is 22.0. The normalized spacial score (nSPS) is 13.4. The predicted molar refractivity (Wildman–Crippen MR) is 134 cm³/mol. The fourth-order valence-corrected chi connectivity index (χ4v) is 3.24. The van der Waals surface area contributed by atoms with E-state index < -0.39 is 52.9 Å². The first-order valence-electron chi connectivity index (χ1n) is 12.1. The number of Topliss-reactive ketones (excluding diaryl/α,β-unsaturated/α-hetero) is 2. The quantitative estimate of drug-likeness (QED) is 0.255. The third-order valence-electron chi connectivity index (χ3n) is 5.87. The molecule has 3 amide bonds. The molecule has 1 aromatic rings. The summed E-state index contributed by atoms with van der Waals surface area (Å²) in [4.78, 5) is 73.1. The molecule has 1 rings (SSSR count). The first kappa shape index (κ1) is 31.3. The number of carboxylic acids is 1. The number of carboxylic acid groups (broad SMARTS) is 1. The number of hydrogen-bond acceptors (Lipinski definition) is 7. The number of ketones is 2. The number of benzene rings is 1. The fraction of sp³-hybridized carbons (Fsp3) is 0.538. The summed E-state index contributed by atoms with van der Waals surface area (Å²) in [6.45, 7) is 7.69. The fourth-order valence-electron chi connectivity index (χ4n) is 3.24. The molecule has 0 saturated heterocycles. The number of ether oxygens (including phenoxy) is 1. The van der Waals surface area contributed by atoms with E-state index in [1.807, 2.05) is 18.2 Å². The second-order valence-electron chi connectivity index (χ2n) is 9.56. The Bertz CT molecular complexity index is 977. The molecule has 11 nitrogen and oxygen atoms in total. The predicted octanol–water partition coefficient (Wildman–Crippen LogP) is 1.98. The molecule has 1 aromatic carbocycles. The van der Waals surface area contributed by atoms with Crippen LogP contribution >= 0.6 is 0 Å². The van der Waals surface area contributed by atoms with Crippen LogP contribution in [0.1, 0.15) is 59.4 Å². The van der Waals surface area contributed by atoms with Crippen LogP contribution in [0, 0.1) is 11.3 Å². The summed E-state index contributed by atoms with van der Waals surface area (Å²) in [5.41, 5.74) is -0.523. The molecular weight excluding hydrogens is 482 g/mol. The number of carbonyl (C=O) groups excluding carboxylic acids is 5. The molecule has 0 aliphatic heterocycles. The largest absolute Gasteiger partial charge is 0.481 e. The smallest absolute Gasteiger partial charge is 0.407 e. The van der Waals surface area contributed by atoms with Crippen LogP contribution in [0.4, 0.5) is 4.79 Å². The average Bonchev–Trinajstić information content (AvgIpc) is 2.84. The number of amides is 3. The Morgan fingerprint density at radius 3 is 2.19 bits per heavy atom. The highest BCUT2D eigenvalue weighted by molar-refractivity contribution is 6.38. The second kappa shape index (κ2) is 14.7. The summed E-state index contributed by atoms with van der Waals surface area (Å²) in [7, 11) is 0. The lowest BCUT2D eigenvalue weighted by Crippen LogP contribution is -2.52. The highest BCUT2D eigenvalue weighted by Crippen LogP contribution is 2.23. The molecular formula is C26H37N3O8. The van der Waals surface area contributed by atoms with Crippen LogP contribution in [0.3, 0.4) is 0 Å². The molecule has 11 heteroatoms. The molecule has 0 aliphatic rings. The minimum Gasteiger partial charge on any atom is -0.481 e. The van der Waals surface area contributed by atoms with Crippen molar-refractivity contribution in [2.75, 3.05) is 6.54 Å². The Labute approximate surface area is 216 Å². The lowest BCUT2D eigenvalue weighted by molar-refractivity contribution is -0.150. The molecule has 0 spiro atoms. The van der Waals surface area contributed by atoms with Gasteiger partial charge in [0.2, 0.25) is 11.7 Å². The number of carbonyl (C=O) groups is 6. The molecule has 0 saturated carbocycles. The van der Waals surface area contributed by atoms with Crippen LogP contribution in [0.5, 0.6) is 0 Å². The Morgan fingerprint density at radius 1 is 1.00 bits per heavy atom. The Kier molecular flexibility index (Phi) is 12.4. The molecule has 3 atom stereocenters. The minimum absolute atomic E-state index is 0.0451. The minimum atomic E-state index is -1.33. The summed E-state index contributed by atoms with van der Waals surface area (Å²) < 4.78 is 5.04. The van der Waals surface area contributed by atoms with Gasteiger partial charge in [-0.2, -0.15) is 0 Å². The van der Waals surface area contributed by atoms with Crippen LogP contribution in [-0.2, 0) is 35.3 Å². The zero-order valence-electron chi connectivity index (χ0n) is 22.0. The van der Waals surface area contributed by atoms with Gasteiger partial charge in [0.1, 0.15) is 6.61 Å². The van der Waals surface area contributed by atoms with Gasteiger partial charge in [-0.05, 0) is 32.3 Å². The van der Waals surface area contributed by atoms with E-state index in [1.165, 1.54) is 20.8 Å². The van der Waals surface area contributed by atoms with Crippen LogP contribution < -0.4 is 16.0 Å². The Morgan fingerprint density at radius 2 is 1.62 bits per heavy atom. The highest BCUT2D eigenvalue weighted by Gasteiger charge is 2.36. The van der Waals surface area contributed by atoms with E-state index in [9.17, 15) is 33.9 Å². The van der Waals surface area contributed by atoms with Crippen molar-refractivity contribution in [1.82, 2.24) is 16.0 Å². The van der Waals surface area contributed by atoms with Crippen LogP contribution in [0.2, 0.25) is 0 Å². The van der Waals surface area contributed by atoms with Gasteiger partial charge in [0.25, 0.3) is 5.91 Å². The number of hydrogen-bond donors (Lipinski definition) is 4. The van der Waals surface area contributed by atoms with Crippen molar-refractivity contribution in [3.63, 3.8) is 0 Å². The van der Waals surface area contributed by atoms with Crippen LogP contribution in [0.25, 0.3) is 0 Å². The topological polar surface area (TPSA) is 168 Å². The molecule has 0 radical (unpaired) electrons. The van der Waals surface area contributed by atoms with Crippen molar-refractivity contribution in [3.8, 4) is 0 Å². The molecule has 37 heavy (non-hydrogen) atoms. The number of alkyl carbamates (subject to hydrolysis) is 1. The third-order valence-corrected chi connectivity index (χ3v) is 5.87. The van der Waals surface area contributed by atoms with Crippen LogP contribution in [0.15, 0.2) is 30.3 Å². The van der Waals surface area contributed by atoms with Crippen molar-refractivity contribution in [2.24, 2.45) is 11.3 Å². The van der Waals surface area contributed by atoms with E-state index in [0.29, 0.717) is 6.42 Å². The lowest BCUT2D eigenvalue weighted by Gasteiger charge is -2.27. The van der Waals surface area contributed by atoms with E-state index >= 15 is 0 Å². The van der Waals surface area contributed by atoms with E-state index in [0.717, 1.165) is 5.56 Å². The van der Waals surface area contributed by atoms with Crippen molar-refractivity contribution >= 4 is 35.4 Å². The Balaban J connectivity index is 2.54. The summed E-state index contributed by atoms with van der Waals surface area (Å²) >= 11 is 0. The third kappa shape index (κ3) is 10.8. The molecule has 0 heterocycles. The monoisotopic (exact) mass is 519 g/mol. The summed E-state index contributed by atoms with van der Waals surface area (Å²) in [5, 5.41) is 16.5. The first-order valence-corrected chi connectivity index (χ1v) is 12.1. The summed E-state index contributed by atoms with van der Waals surface area (Å²) in [5.74, 6) is -4.57. The van der Waals surface area contributed by atoms with Crippen molar-refractivity contribution in [2.45, 2.75) is 72.6 Å². The van der Waals surface area contributed by atoms with Crippen molar-refractivity contribution in [3.05, 3.63) is 35.9 Å². The molecule has 4 N–H and O–H groups in total. The average molecular weight is 520 g/mol. The summed E-state index contributed by atoms with van der Waals surface area (Å²) in [6, 6.07) is 6.83. The Hall–Kier alpha value is -3.76. The van der Waals surface area contributed by atoms with E-state index in [1.54, 1.807) is 26.0 Å². The van der Waals surface area contributed by atoms with E-state index in [2.05, 4.69) is 16.0 Å². The lowest BCUT2D eigenvalue weighted by atomic mass is 9.82. The van der Waals surface area contributed by atoms with Gasteiger partial charge in [0, 0.05) is 19.4 Å². The SMILES string of the molecule is CC[C@H](C)[C@H](NC(=O)C(=O)C(C)NC(=O)CCNC(=O)OCc1ccccc1)C(=O)CC(C)(C)C(=O)O. The summed E-state index contributed by atoms with van der Waals surface area (Å²) in [6.07, 6.45) is -0.672. The molecule has 0 aromatic heterocycles. The van der Waals surface area contributed by atoms with Gasteiger partial charge in [-0.25, -0.2) is 4.79 Å². The van der Waals surface area contributed by atoms with Gasteiger partial charge < -0.3 is 25.8 Å². The van der Waals surface area contributed by atoms with Gasteiger partial charge in [-0.1, -0.05) is 50.6 Å². The maximum absolute atomic E-state index is 12.8. The van der Waals surface area contributed by atoms with Gasteiger partial charge in [0.15, 0.2) is 5.78 Å². The van der Waals surface area contributed by atoms with Crippen molar-refractivity contribution < 1.29 is 38.6 Å².